The summed E-state index contributed by atoms with van der Waals surface area (Å²) in [6, 6.07) is 3.10. The van der Waals surface area contributed by atoms with E-state index < -0.39 is 10.0 Å². The lowest BCUT2D eigenvalue weighted by Gasteiger charge is -2.23. The number of piperidine rings is 1. The van der Waals surface area contributed by atoms with Crippen LogP contribution in [0.5, 0.6) is 0 Å². The normalized spacial score (nSPS) is 20.6. The zero-order valence-corrected chi connectivity index (χ0v) is 10.9. The largest absolute Gasteiger partial charge is 0.370 e. The van der Waals surface area contributed by atoms with Crippen molar-refractivity contribution in [1.29, 1.82) is 0 Å². The van der Waals surface area contributed by atoms with Crippen LogP contribution in [0, 0.1) is 5.92 Å². The first-order chi connectivity index (χ1) is 8.55. The summed E-state index contributed by atoms with van der Waals surface area (Å²) in [4.78, 5) is 4.07. The molecule has 4 N–H and O–H groups in total. The summed E-state index contributed by atoms with van der Waals surface area (Å²) < 4.78 is 22.1. The molecule has 1 unspecified atom stereocenters. The van der Waals surface area contributed by atoms with Crippen LogP contribution in [0.2, 0.25) is 0 Å². The minimum Gasteiger partial charge on any atom is -0.370 e. The predicted octanol–water partition coefficient (Wildman–Crippen LogP) is 0.140. The minimum atomic E-state index is -3.66. The monoisotopic (exact) mass is 270 g/mol. The van der Waals surface area contributed by atoms with E-state index in [-0.39, 0.29) is 4.90 Å². The van der Waals surface area contributed by atoms with Crippen LogP contribution in [0.1, 0.15) is 12.8 Å². The number of rotatable bonds is 4. The molecule has 0 aliphatic carbocycles. The van der Waals surface area contributed by atoms with Gasteiger partial charge in [0.2, 0.25) is 10.0 Å². The van der Waals surface area contributed by atoms with Crippen molar-refractivity contribution in [3.8, 4) is 0 Å². The quantitative estimate of drug-likeness (QED) is 0.723. The highest BCUT2D eigenvalue weighted by Gasteiger charge is 2.13. The molecule has 1 aromatic heterocycles. The van der Waals surface area contributed by atoms with Crippen LogP contribution in [0.15, 0.2) is 23.2 Å². The number of nitrogens with zero attached hydrogens (tertiary/aromatic N) is 1. The first-order valence-corrected chi connectivity index (χ1v) is 7.54. The molecule has 0 saturated carbocycles. The Morgan fingerprint density at radius 2 is 2.33 bits per heavy atom. The van der Waals surface area contributed by atoms with Crippen molar-refractivity contribution in [2.45, 2.75) is 17.7 Å². The van der Waals surface area contributed by atoms with Gasteiger partial charge in [0, 0.05) is 12.7 Å². The van der Waals surface area contributed by atoms with Crippen molar-refractivity contribution in [3.63, 3.8) is 0 Å². The van der Waals surface area contributed by atoms with E-state index in [9.17, 15) is 8.42 Å². The van der Waals surface area contributed by atoms with Gasteiger partial charge >= 0.3 is 0 Å². The molecule has 7 heteroatoms. The Balaban J connectivity index is 1.90. The molecule has 0 radical (unpaired) electrons. The van der Waals surface area contributed by atoms with Gasteiger partial charge in [-0.15, -0.1) is 0 Å². The molecule has 0 spiro atoms. The molecule has 100 valence electrons. The van der Waals surface area contributed by atoms with Crippen molar-refractivity contribution in [2.24, 2.45) is 11.1 Å². The highest BCUT2D eigenvalue weighted by Crippen LogP contribution is 2.12. The molecule has 1 fully saturated rings. The van der Waals surface area contributed by atoms with E-state index in [0.717, 1.165) is 19.6 Å². The number of pyridine rings is 1. The van der Waals surface area contributed by atoms with Gasteiger partial charge < -0.3 is 10.6 Å². The molecule has 1 atom stereocenters. The molecule has 0 bridgehead atoms. The van der Waals surface area contributed by atoms with Gasteiger partial charge in [0.15, 0.2) is 0 Å². The molecular formula is C11H18N4O2S. The lowest BCUT2D eigenvalue weighted by atomic mass is 10.00. The Labute approximate surface area is 107 Å². The fourth-order valence-corrected chi connectivity index (χ4v) is 2.46. The average Bonchev–Trinajstić information content (AvgIpc) is 2.37. The summed E-state index contributed by atoms with van der Waals surface area (Å²) in [6.45, 7) is 2.95. The van der Waals surface area contributed by atoms with Gasteiger partial charge in [-0.25, -0.2) is 18.5 Å². The van der Waals surface area contributed by atoms with Crippen LogP contribution < -0.4 is 15.8 Å². The molecule has 2 rings (SSSR count). The zero-order chi connectivity index (χ0) is 13.0. The van der Waals surface area contributed by atoms with E-state index in [0.29, 0.717) is 11.7 Å². The lowest BCUT2D eigenvalue weighted by Crippen LogP contribution is -2.33. The SMILES string of the molecule is NS(=O)(=O)c1ccc(NCC2CCCNC2)nc1. The second-order valence-corrected chi connectivity index (χ2v) is 6.08. The summed E-state index contributed by atoms with van der Waals surface area (Å²) in [5.74, 6) is 1.27. The van der Waals surface area contributed by atoms with E-state index in [4.69, 9.17) is 5.14 Å². The summed E-state index contributed by atoms with van der Waals surface area (Å²) in [6.07, 6.45) is 3.68. The van der Waals surface area contributed by atoms with Crippen LogP contribution >= 0.6 is 0 Å². The van der Waals surface area contributed by atoms with Gasteiger partial charge in [0.05, 0.1) is 0 Å². The number of aromatic nitrogens is 1. The van der Waals surface area contributed by atoms with Crippen molar-refractivity contribution in [1.82, 2.24) is 10.3 Å². The third-order valence-electron chi connectivity index (χ3n) is 3.04. The second-order valence-electron chi connectivity index (χ2n) is 4.52. The van der Waals surface area contributed by atoms with Crippen LogP contribution in [-0.2, 0) is 10.0 Å². The Kier molecular flexibility index (Phi) is 4.15. The highest BCUT2D eigenvalue weighted by molar-refractivity contribution is 7.89. The molecule has 0 amide bonds. The Hall–Kier alpha value is -1.18. The topological polar surface area (TPSA) is 97.1 Å². The van der Waals surface area contributed by atoms with Gasteiger partial charge in [-0.3, -0.25) is 0 Å². The fourth-order valence-electron chi connectivity index (χ4n) is 2.00. The van der Waals surface area contributed by atoms with Crippen LogP contribution in [-0.4, -0.2) is 33.0 Å². The van der Waals surface area contributed by atoms with Crippen LogP contribution in [0.3, 0.4) is 0 Å². The first kappa shape index (κ1) is 13.3. The average molecular weight is 270 g/mol. The Morgan fingerprint density at radius 1 is 1.50 bits per heavy atom. The number of anilines is 1. The standard InChI is InChI=1S/C11H18N4O2S/c12-18(16,17)10-3-4-11(15-8-10)14-7-9-2-1-5-13-6-9/h3-4,8-9,13H,1-2,5-7H2,(H,14,15)(H2,12,16,17). The molecule has 0 aromatic carbocycles. The maximum Gasteiger partial charge on any atom is 0.239 e. The van der Waals surface area contributed by atoms with E-state index in [1.54, 1.807) is 6.07 Å². The smallest absolute Gasteiger partial charge is 0.239 e. The van der Waals surface area contributed by atoms with Gasteiger partial charge in [-0.1, -0.05) is 0 Å². The number of hydrogen-bond donors (Lipinski definition) is 3. The number of primary sulfonamides is 1. The number of hydrogen-bond acceptors (Lipinski definition) is 5. The van der Waals surface area contributed by atoms with Crippen molar-refractivity contribution >= 4 is 15.8 Å². The van der Waals surface area contributed by atoms with Gasteiger partial charge in [0.1, 0.15) is 10.7 Å². The third-order valence-corrected chi connectivity index (χ3v) is 3.93. The molecular weight excluding hydrogens is 252 g/mol. The summed E-state index contributed by atoms with van der Waals surface area (Å²) in [5.41, 5.74) is 0. The Bertz CT molecular complexity index is 480. The second kappa shape index (κ2) is 5.64. The number of nitrogens with two attached hydrogens (primary N) is 1. The van der Waals surface area contributed by atoms with Gasteiger partial charge in [-0.05, 0) is 44.0 Å². The third kappa shape index (κ3) is 3.66. The molecule has 2 heterocycles. The van der Waals surface area contributed by atoms with E-state index in [2.05, 4.69) is 15.6 Å². The lowest BCUT2D eigenvalue weighted by molar-refractivity contribution is 0.392. The van der Waals surface area contributed by atoms with Crippen LogP contribution in [0.25, 0.3) is 0 Å². The summed E-state index contributed by atoms with van der Waals surface area (Å²) >= 11 is 0. The van der Waals surface area contributed by atoms with Gasteiger partial charge in [-0.2, -0.15) is 0 Å². The van der Waals surface area contributed by atoms with E-state index in [1.807, 2.05) is 0 Å². The molecule has 1 saturated heterocycles. The Morgan fingerprint density at radius 3 is 2.89 bits per heavy atom. The predicted molar refractivity (Wildman–Crippen MR) is 69.7 cm³/mol. The molecule has 6 nitrogen and oxygen atoms in total. The zero-order valence-electron chi connectivity index (χ0n) is 10.1. The molecule has 18 heavy (non-hydrogen) atoms. The minimum absolute atomic E-state index is 0.0346. The van der Waals surface area contributed by atoms with Gasteiger partial charge in [0.25, 0.3) is 0 Å². The number of nitrogens with one attached hydrogen (secondary N) is 2. The number of sulfonamides is 1. The van der Waals surface area contributed by atoms with Crippen molar-refractivity contribution < 1.29 is 8.42 Å². The highest BCUT2D eigenvalue weighted by atomic mass is 32.2. The summed E-state index contributed by atoms with van der Waals surface area (Å²) in [7, 11) is -3.66. The van der Waals surface area contributed by atoms with Crippen molar-refractivity contribution in [2.75, 3.05) is 25.0 Å². The maximum atomic E-state index is 11.1. The molecule has 1 aliphatic heterocycles. The fraction of sp³-hybridized carbons (Fsp3) is 0.545. The maximum absolute atomic E-state index is 11.1. The first-order valence-electron chi connectivity index (χ1n) is 5.99. The van der Waals surface area contributed by atoms with Crippen LogP contribution in [0.4, 0.5) is 5.82 Å². The van der Waals surface area contributed by atoms with Crippen molar-refractivity contribution in [3.05, 3.63) is 18.3 Å². The molecule has 1 aromatic rings. The van der Waals surface area contributed by atoms with E-state index >= 15 is 0 Å². The summed E-state index contributed by atoms with van der Waals surface area (Å²) in [5, 5.41) is 11.6. The van der Waals surface area contributed by atoms with E-state index in [1.165, 1.54) is 25.1 Å². The molecule has 1 aliphatic rings.